The summed E-state index contributed by atoms with van der Waals surface area (Å²) in [6.07, 6.45) is 2.07. The molecule has 1 aromatic heterocycles. The summed E-state index contributed by atoms with van der Waals surface area (Å²) < 4.78 is 11.0. The SMILES string of the molecule is O=C(OC1CCOC1)c1cc(Br)cnc1Cl. The van der Waals surface area contributed by atoms with Crippen molar-refractivity contribution >= 4 is 33.5 Å². The van der Waals surface area contributed by atoms with Crippen molar-refractivity contribution in [2.24, 2.45) is 0 Å². The van der Waals surface area contributed by atoms with Gasteiger partial charge in [-0.15, -0.1) is 0 Å². The fourth-order valence-electron chi connectivity index (χ4n) is 1.39. The van der Waals surface area contributed by atoms with Gasteiger partial charge in [-0.05, 0) is 22.0 Å². The molecule has 4 nitrogen and oxygen atoms in total. The lowest BCUT2D eigenvalue weighted by atomic mass is 10.3. The van der Waals surface area contributed by atoms with Crippen LogP contribution in [0.2, 0.25) is 5.15 Å². The molecule has 0 saturated carbocycles. The van der Waals surface area contributed by atoms with E-state index in [0.29, 0.717) is 17.7 Å². The van der Waals surface area contributed by atoms with E-state index in [1.165, 1.54) is 6.20 Å². The van der Waals surface area contributed by atoms with Crippen molar-refractivity contribution in [3.8, 4) is 0 Å². The molecule has 1 aliphatic rings. The van der Waals surface area contributed by atoms with E-state index in [9.17, 15) is 4.79 Å². The number of ether oxygens (including phenoxy) is 2. The number of nitrogens with zero attached hydrogens (tertiary/aromatic N) is 1. The van der Waals surface area contributed by atoms with E-state index in [0.717, 1.165) is 6.42 Å². The number of hydrogen-bond donors (Lipinski definition) is 0. The van der Waals surface area contributed by atoms with E-state index < -0.39 is 5.97 Å². The third kappa shape index (κ3) is 2.72. The number of aromatic nitrogens is 1. The lowest BCUT2D eigenvalue weighted by Crippen LogP contribution is -2.18. The van der Waals surface area contributed by atoms with Crippen molar-refractivity contribution in [1.29, 1.82) is 0 Å². The zero-order valence-electron chi connectivity index (χ0n) is 8.28. The van der Waals surface area contributed by atoms with E-state index in [2.05, 4.69) is 20.9 Å². The average Bonchev–Trinajstić information content (AvgIpc) is 2.74. The second-order valence-corrected chi connectivity index (χ2v) is 4.66. The van der Waals surface area contributed by atoms with Crippen LogP contribution in [0.4, 0.5) is 0 Å². The number of pyridine rings is 1. The third-order valence-corrected chi connectivity index (χ3v) is 2.92. The Kier molecular flexibility index (Phi) is 3.78. The molecule has 1 atom stereocenters. The molecule has 1 aromatic rings. The molecule has 0 N–H and O–H groups in total. The van der Waals surface area contributed by atoms with E-state index in [1.807, 2.05) is 0 Å². The second kappa shape index (κ2) is 5.12. The van der Waals surface area contributed by atoms with Gasteiger partial charge in [-0.2, -0.15) is 0 Å². The zero-order chi connectivity index (χ0) is 11.5. The number of esters is 1. The van der Waals surface area contributed by atoms with Crippen LogP contribution in [0.25, 0.3) is 0 Å². The molecule has 0 aliphatic carbocycles. The zero-order valence-corrected chi connectivity index (χ0v) is 10.6. The highest BCUT2D eigenvalue weighted by Crippen LogP contribution is 2.20. The molecular weight excluding hydrogens is 297 g/mol. The fourth-order valence-corrected chi connectivity index (χ4v) is 1.90. The highest BCUT2D eigenvalue weighted by Gasteiger charge is 2.22. The standard InChI is InChI=1S/C10H9BrClNO3/c11-6-3-8(9(12)13-4-6)10(14)16-7-1-2-15-5-7/h3-4,7H,1-2,5H2. The van der Waals surface area contributed by atoms with Crippen LogP contribution in [0.5, 0.6) is 0 Å². The molecule has 0 aromatic carbocycles. The fraction of sp³-hybridized carbons (Fsp3) is 0.400. The van der Waals surface area contributed by atoms with Gasteiger partial charge >= 0.3 is 5.97 Å². The van der Waals surface area contributed by atoms with E-state index in [-0.39, 0.29) is 16.8 Å². The highest BCUT2D eigenvalue weighted by atomic mass is 79.9. The molecule has 0 amide bonds. The summed E-state index contributed by atoms with van der Waals surface area (Å²) in [6.45, 7) is 1.08. The first-order valence-electron chi connectivity index (χ1n) is 4.76. The van der Waals surface area contributed by atoms with Crippen molar-refractivity contribution < 1.29 is 14.3 Å². The van der Waals surface area contributed by atoms with Gasteiger partial charge in [-0.1, -0.05) is 11.6 Å². The first-order chi connectivity index (χ1) is 7.66. The van der Waals surface area contributed by atoms with Crippen LogP contribution in [0.1, 0.15) is 16.8 Å². The Hall–Kier alpha value is -0.650. The lowest BCUT2D eigenvalue weighted by molar-refractivity contribution is 0.0270. The second-order valence-electron chi connectivity index (χ2n) is 3.38. The molecular formula is C10H9BrClNO3. The molecule has 1 aliphatic heterocycles. The summed E-state index contributed by atoms with van der Waals surface area (Å²) in [7, 11) is 0. The van der Waals surface area contributed by atoms with Crippen LogP contribution in [-0.4, -0.2) is 30.3 Å². The molecule has 1 unspecified atom stereocenters. The predicted molar refractivity (Wildman–Crippen MR) is 61.6 cm³/mol. The molecule has 86 valence electrons. The van der Waals surface area contributed by atoms with Gasteiger partial charge in [0, 0.05) is 17.1 Å². The quantitative estimate of drug-likeness (QED) is 0.622. The molecule has 0 spiro atoms. The predicted octanol–water partition coefficient (Wildman–Crippen LogP) is 2.44. The normalized spacial score (nSPS) is 19.8. The van der Waals surface area contributed by atoms with Gasteiger partial charge < -0.3 is 9.47 Å². The lowest BCUT2D eigenvalue weighted by Gasteiger charge is -2.10. The van der Waals surface area contributed by atoms with Gasteiger partial charge in [0.1, 0.15) is 11.3 Å². The van der Waals surface area contributed by atoms with Crippen LogP contribution in [0.3, 0.4) is 0 Å². The minimum Gasteiger partial charge on any atom is -0.456 e. The molecule has 2 rings (SSSR count). The number of carbonyl (C=O) groups is 1. The summed E-state index contributed by atoms with van der Waals surface area (Å²) in [5, 5.41) is 0.145. The van der Waals surface area contributed by atoms with Crippen LogP contribution in [0, 0.1) is 0 Å². The van der Waals surface area contributed by atoms with Crippen LogP contribution in [0.15, 0.2) is 16.7 Å². The van der Waals surface area contributed by atoms with E-state index in [4.69, 9.17) is 21.1 Å². The highest BCUT2D eigenvalue weighted by molar-refractivity contribution is 9.10. The number of halogens is 2. The first kappa shape index (κ1) is 11.8. The Morgan fingerprint density at radius 1 is 1.69 bits per heavy atom. The monoisotopic (exact) mass is 305 g/mol. The molecule has 0 bridgehead atoms. The Morgan fingerprint density at radius 2 is 2.50 bits per heavy atom. The van der Waals surface area contributed by atoms with Gasteiger partial charge in [-0.25, -0.2) is 9.78 Å². The number of rotatable bonds is 2. The van der Waals surface area contributed by atoms with Gasteiger partial charge in [0.25, 0.3) is 0 Å². The average molecular weight is 307 g/mol. The Bertz CT molecular complexity index is 407. The molecule has 6 heteroatoms. The number of hydrogen-bond acceptors (Lipinski definition) is 4. The smallest absolute Gasteiger partial charge is 0.341 e. The molecule has 2 heterocycles. The maximum Gasteiger partial charge on any atom is 0.341 e. The summed E-state index contributed by atoms with van der Waals surface area (Å²) in [5.74, 6) is -0.464. The maximum absolute atomic E-state index is 11.8. The summed E-state index contributed by atoms with van der Waals surface area (Å²) in [4.78, 5) is 15.6. The van der Waals surface area contributed by atoms with Crippen LogP contribution >= 0.6 is 27.5 Å². The largest absolute Gasteiger partial charge is 0.456 e. The Balaban J connectivity index is 2.10. The van der Waals surface area contributed by atoms with Gasteiger partial charge in [0.2, 0.25) is 0 Å². The van der Waals surface area contributed by atoms with E-state index in [1.54, 1.807) is 6.07 Å². The van der Waals surface area contributed by atoms with Gasteiger partial charge in [0.15, 0.2) is 0 Å². The minimum absolute atomic E-state index is 0.145. The van der Waals surface area contributed by atoms with Gasteiger partial charge in [0.05, 0.1) is 18.8 Å². The molecule has 1 fully saturated rings. The van der Waals surface area contributed by atoms with Crippen molar-refractivity contribution in [2.45, 2.75) is 12.5 Å². The van der Waals surface area contributed by atoms with Crippen molar-refractivity contribution in [2.75, 3.05) is 13.2 Å². The van der Waals surface area contributed by atoms with Crippen molar-refractivity contribution in [3.05, 3.63) is 27.5 Å². The van der Waals surface area contributed by atoms with Gasteiger partial charge in [-0.3, -0.25) is 0 Å². The Morgan fingerprint density at radius 3 is 3.19 bits per heavy atom. The Labute approximate surface area is 106 Å². The minimum atomic E-state index is -0.464. The molecule has 1 saturated heterocycles. The van der Waals surface area contributed by atoms with E-state index >= 15 is 0 Å². The first-order valence-corrected chi connectivity index (χ1v) is 5.93. The van der Waals surface area contributed by atoms with Crippen molar-refractivity contribution in [3.63, 3.8) is 0 Å². The molecule has 0 radical (unpaired) electrons. The van der Waals surface area contributed by atoms with Crippen LogP contribution < -0.4 is 0 Å². The van der Waals surface area contributed by atoms with Crippen molar-refractivity contribution in [1.82, 2.24) is 4.98 Å². The summed E-state index contributed by atoms with van der Waals surface area (Å²) in [5.41, 5.74) is 0.267. The summed E-state index contributed by atoms with van der Waals surface area (Å²) in [6, 6.07) is 1.59. The maximum atomic E-state index is 11.8. The van der Waals surface area contributed by atoms with Crippen LogP contribution in [-0.2, 0) is 9.47 Å². The summed E-state index contributed by atoms with van der Waals surface area (Å²) >= 11 is 9.04. The topological polar surface area (TPSA) is 48.4 Å². The molecule has 16 heavy (non-hydrogen) atoms. The number of carbonyl (C=O) groups excluding carboxylic acids is 1. The third-order valence-electron chi connectivity index (χ3n) is 2.19.